The first-order chi connectivity index (χ1) is 16.7. The number of ketones is 1. The first kappa shape index (κ1) is 24.5. The van der Waals surface area contributed by atoms with Gasteiger partial charge in [-0.3, -0.25) is 19.2 Å². The van der Waals surface area contributed by atoms with Crippen molar-refractivity contribution < 1.29 is 19.2 Å². The summed E-state index contributed by atoms with van der Waals surface area (Å²) in [6, 6.07) is 17.2. The number of anilines is 3. The van der Waals surface area contributed by atoms with Gasteiger partial charge in [0.05, 0.1) is 15.7 Å². The number of amides is 3. The van der Waals surface area contributed by atoms with Crippen LogP contribution in [-0.2, 0) is 9.59 Å². The first-order valence-electron chi connectivity index (χ1n) is 10.2. The molecule has 0 aromatic heterocycles. The van der Waals surface area contributed by atoms with Crippen LogP contribution >= 0.6 is 34.8 Å². The van der Waals surface area contributed by atoms with Crippen LogP contribution in [0.2, 0.25) is 10.0 Å². The summed E-state index contributed by atoms with van der Waals surface area (Å²) in [5, 5.41) is 5.75. The number of halogens is 3. The van der Waals surface area contributed by atoms with Crippen molar-refractivity contribution >= 4 is 75.4 Å². The molecule has 7 nitrogen and oxygen atoms in total. The Bertz CT molecular complexity index is 1420. The molecule has 0 saturated carbocycles. The standard InChI is InChI=1S/C25H16Cl3N3O4/c1-13(32)15-3-2-4-17(11-15)30-23(33)14-5-7-16(8-6-14)29-22-21(28)24(34)31(25(22)35)18-9-10-19(26)20(27)12-18/h2-12,29H,1H3,(H,30,33). The van der Waals surface area contributed by atoms with Crippen molar-refractivity contribution in [2.24, 2.45) is 0 Å². The Kier molecular flexibility index (Phi) is 6.93. The highest BCUT2D eigenvalue weighted by Crippen LogP contribution is 2.33. The highest BCUT2D eigenvalue weighted by Gasteiger charge is 2.39. The molecule has 0 aliphatic carbocycles. The third-order valence-electron chi connectivity index (χ3n) is 5.13. The Labute approximate surface area is 215 Å². The Hall–Kier alpha value is -3.65. The molecule has 3 aromatic rings. The number of imide groups is 1. The largest absolute Gasteiger partial charge is 0.350 e. The number of nitrogens with zero attached hydrogens (tertiary/aromatic N) is 1. The zero-order chi connectivity index (χ0) is 25.3. The van der Waals surface area contributed by atoms with Gasteiger partial charge in [0.2, 0.25) is 0 Å². The van der Waals surface area contributed by atoms with Gasteiger partial charge >= 0.3 is 0 Å². The summed E-state index contributed by atoms with van der Waals surface area (Å²) < 4.78 is 0. The summed E-state index contributed by atoms with van der Waals surface area (Å²) in [6.45, 7) is 1.45. The lowest BCUT2D eigenvalue weighted by Gasteiger charge is -2.15. The SMILES string of the molecule is CC(=O)c1cccc(NC(=O)c2ccc(NC3=C(Cl)C(=O)N(c4ccc(Cl)c(Cl)c4)C3=O)cc2)c1. The molecular formula is C25H16Cl3N3O4. The van der Waals surface area contributed by atoms with E-state index in [1.54, 1.807) is 48.5 Å². The number of rotatable bonds is 6. The van der Waals surface area contributed by atoms with E-state index < -0.39 is 11.8 Å². The van der Waals surface area contributed by atoms with Crippen molar-refractivity contribution in [3.05, 3.63) is 98.6 Å². The molecule has 0 fully saturated rings. The normalized spacial score (nSPS) is 13.3. The molecule has 0 unspecified atom stereocenters. The van der Waals surface area contributed by atoms with Crippen molar-refractivity contribution in [1.29, 1.82) is 0 Å². The maximum Gasteiger partial charge on any atom is 0.283 e. The van der Waals surface area contributed by atoms with Crippen LogP contribution in [0.1, 0.15) is 27.6 Å². The minimum Gasteiger partial charge on any atom is -0.350 e. The number of carbonyl (C=O) groups excluding carboxylic acids is 4. The van der Waals surface area contributed by atoms with Crippen molar-refractivity contribution in [3.8, 4) is 0 Å². The summed E-state index contributed by atoms with van der Waals surface area (Å²) in [5.74, 6) is -1.86. The minimum absolute atomic E-state index is 0.109. The Morgan fingerprint density at radius 2 is 1.49 bits per heavy atom. The van der Waals surface area contributed by atoms with Gasteiger partial charge in [0.25, 0.3) is 17.7 Å². The molecule has 0 bridgehead atoms. The zero-order valence-electron chi connectivity index (χ0n) is 18.1. The summed E-state index contributed by atoms with van der Waals surface area (Å²) in [6.07, 6.45) is 0. The molecule has 0 saturated heterocycles. The highest BCUT2D eigenvalue weighted by molar-refractivity contribution is 6.53. The zero-order valence-corrected chi connectivity index (χ0v) is 20.3. The van der Waals surface area contributed by atoms with Crippen LogP contribution in [0.25, 0.3) is 0 Å². The van der Waals surface area contributed by atoms with Crippen LogP contribution < -0.4 is 15.5 Å². The van der Waals surface area contributed by atoms with E-state index in [1.165, 1.54) is 25.1 Å². The summed E-state index contributed by atoms with van der Waals surface area (Å²) in [4.78, 5) is 50.5. The second kappa shape index (κ2) is 9.92. The first-order valence-corrected chi connectivity index (χ1v) is 11.3. The average molecular weight is 529 g/mol. The van der Waals surface area contributed by atoms with E-state index in [-0.39, 0.29) is 38.2 Å². The van der Waals surface area contributed by atoms with Crippen molar-refractivity contribution in [3.63, 3.8) is 0 Å². The second-order valence-electron chi connectivity index (χ2n) is 7.53. The third kappa shape index (κ3) is 5.07. The van der Waals surface area contributed by atoms with Crippen LogP contribution in [0.15, 0.2) is 77.5 Å². The van der Waals surface area contributed by atoms with E-state index in [9.17, 15) is 19.2 Å². The van der Waals surface area contributed by atoms with Gasteiger partial charge in [-0.2, -0.15) is 0 Å². The molecule has 3 aromatic carbocycles. The molecule has 1 aliphatic heterocycles. The summed E-state index contributed by atoms with van der Waals surface area (Å²) in [7, 11) is 0. The Balaban J connectivity index is 1.48. The van der Waals surface area contributed by atoms with Crippen molar-refractivity contribution in [2.75, 3.05) is 15.5 Å². The topological polar surface area (TPSA) is 95.6 Å². The second-order valence-corrected chi connectivity index (χ2v) is 8.72. The lowest BCUT2D eigenvalue weighted by molar-refractivity contribution is -0.120. The van der Waals surface area contributed by atoms with Gasteiger partial charge < -0.3 is 10.6 Å². The number of benzene rings is 3. The molecular weight excluding hydrogens is 513 g/mol. The fourth-order valence-electron chi connectivity index (χ4n) is 3.34. The van der Waals surface area contributed by atoms with Gasteiger partial charge in [-0.15, -0.1) is 0 Å². The van der Waals surface area contributed by atoms with Gasteiger partial charge in [0.15, 0.2) is 5.78 Å². The van der Waals surface area contributed by atoms with E-state index in [4.69, 9.17) is 34.8 Å². The van der Waals surface area contributed by atoms with Crippen LogP contribution in [0, 0.1) is 0 Å². The van der Waals surface area contributed by atoms with Gasteiger partial charge in [0, 0.05) is 22.5 Å². The fraction of sp³-hybridized carbons (Fsp3) is 0.0400. The van der Waals surface area contributed by atoms with Crippen LogP contribution in [0.3, 0.4) is 0 Å². The predicted octanol–water partition coefficient (Wildman–Crippen LogP) is 5.88. The van der Waals surface area contributed by atoms with E-state index >= 15 is 0 Å². The van der Waals surface area contributed by atoms with E-state index in [0.717, 1.165) is 4.90 Å². The Morgan fingerprint density at radius 3 is 2.14 bits per heavy atom. The molecule has 0 atom stereocenters. The Morgan fingerprint density at radius 1 is 0.771 bits per heavy atom. The number of hydrogen-bond acceptors (Lipinski definition) is 5. The maximum atomic E-state index is 12.9. The molecule has 10 heteroatoms. The van der Waals surface area contributed by atoms with Crippen LogP contribution in [-0.4, -0.2) is 23.5 Å². The summed E-state index contributed by atoms with van der Waals surface area (Å²) >= 11 is 18.1. The average Bonchev–Trinajstić information content (AvgIpc) is 3.04. The lowest BCUT2D eigenvalue weighted by Crippen LogP contribution is -2.32. The van der Waals surface area contributed by atoms with Gasteiger partial charge in [-0.1, -0.05) is 46.9 Å². The summed E-state index contributed by atoms with van der Waals surface area (Å²) in [5.41, 5.74) is 1.87. The fourth-order valence-corrected chi connectivity index (χ4v) is 3.84. The van der Waals surface area contributed by atoms with E-state index in [0.29, 0.717) is 22.5 Å². The monoisotopic (exact) mass is 527 g/mol. The molecule has 1 heterocycles. The van der Waals surface area contributed by atoms with E-state index in [1.807, 2.05) is 0 Å². The predicted molar refractivity (Wildman–Crippen MR) is 136 cm³/mol. The van der Waals surface area contributed by atoms with Gasteiger partial charge in [-0.05, 0) is 61.5 Å². The molecule has 2 N–H and O–H groups in total. The third-order valence-corrected chi connectivity index (χ3v) is 6.22. The van der Waals surface area contributed by atoms with Gasteiger partial charge in [0.1, 0.15) is 10.7 Å². The highest BCUT2D eigenvalue weighted by atomic mass is 35.5. The number of Topliss-reactive ketones (excluding diaryl/α,β-unsaturated/α-hetero) is 1. The number of nitrogens with one attached hydrogen (secondary N) is 2. The quantitative estimate of drug-likeness (QED) is 0.307. The van der Waals surface area contributed by atoms with Gasteiger partial charge in [-0.25, -0.2) is 4.90 Å². The number of carbonyl (C=O) groups is 4. The molecule has 4 rings (SSSR count). The van der Waals surface area contributed by atoms with Crippen LogP contribution in [0.4, 0.5) is 17.1 Å². The van der Waals surface area contributed by atoms with E-state index in [2.05, 4.69) is 10.6 Å². The molecule has 35 heavy (non-hydrogen) atoms. The smallest absolute Gasteiger partial charge is 0.283 e. The number of hydrogen-bond donors (Lipinski definition) is 2. The maximum absolute atomic E-state index is 12.9. The molecule has 176 valence electrons. The minimum atomic E-state index is -0.707. The molecule has 0 radical (unpaired) electrons. The molecule has 1 aliphatic rings. The lowest BCUT2D eigenvalue weighted by atomic mass is 10.1. The van der Waals surface area contributed by atoms with Crippen molar-refractivity contribution in [1.82, 2.24) is 0 Å². The van der Waals surface area contributed by atoms with Crippen molar-refractivity contribution in [2.45, 2.75) is 6.92 Å². The van der Waals surface area contributed by atoms with Crippen LogP contribution in [0.5, 0.6) is 0 Å². The molecule has 3 amide bonds. The molecule has 0 spiro atoms.